The van der Waals surface area contributed by atoms with Gasteiger partial charge in [0.15, 0.2) is 5.65 Å². The summed E-state index contributed by atoms with van der Waals surface area (Å²) in [5, 5.41) is 4.12. The van der Waals surface area contributed by atoms with E-state index in [9.17, 15) is 0 Å². The summed E-state index contributed by atoms with van der Waals surface area (Å²) in [5.74, 6) is 0. The second-order valence-electron chi connectivity index (χ2n) is 2.88. The van der Waals surface area contributed by atoms with Crippen LogP contribution in [0.4, 0.5) is 0 Å². The van der Waals surface area contributed by atoms with E-state index < -0.39 is 0 Å². The minimum Gasteiger partial charge on any atom is -0.233 e. The minimum atomic E-state index is 0.928. The Kier molecular flexibility index (Phi) is 0.961. The van der Waals surface area contributed by atoms with E-state index in [0.29, 0.717) is 0 Å². The fourth-order valence-corrected chi connectivity index (χ4v) is 1.50. The van der Waals surface area contributed by atoms with Gasteiger partial charge in [0.25, 0.3) is 0 Å². The highest BCUT2D eigenvalue weighted by molar-refractivity contribution is 5.58. The van der Waals surface area contributed by atoms with E-state index in [0.717, 1.165) is 17.8 Å². The molecule has 1 aliphatic carbocycles. The number of hydrogen-bond donors (Lipinski definition) is 0. The van der Waals surface area contributed by atoms with Crippen molar-refractivity contribution in [3.8, 4) is 0 Å². The molecule has 58 valence electrons. The lowest BCUT2D eigenvalue weighted by molar-refractivity contribution is 0.923. The third-order valence-electron chi connectivity index (χ3n) is 2.10. The van der Waals surface area contributed by atoms with Crippen LogP contribution in [0, 0.1) is 0 Å². The van der Waals surface area contributed by atoms with Crippen molar-refractivity contribution < 1.29 is 0 Å². The fourth-order valence-electron chi connectivity index (χ4n) is 1.50. The number of hydrogen-bond acceptors (Lipinski definition) is 2. The molecule has 0 atom stereocenters. The predicted octanol–water partition coefficient (Wildman–Crippen LogP) is 1.30. The molecule has 0 N–H and O–H groups in total. The lowest BCUT2D eigenvalue weighted by atomic mass is 10.3. The third-order valence-corrected chi connectivity index (χ3v) is 2.10. The van der Waals surface area contributed by atoms with Crippen molar-refractivity contribution in [1.82, 2.24) is 14.6 Å². The molecule has 0 saturated carbocycles. The number of aromatic nitrogens is 3. The van der Waals surface area contributed by atoms with Gasteiger partial charge >= 0.3 is 0 Å². The van der Waals surface area contributed by atoms with Gasteiger partial charge in [-0.3, -0.25) is 0 Å². The van der Waals surface area contributed by atoms with Crippen molar-refractivity contribution >= 4 is 11.7 Å². The second kappa shape index (κ2) is 1.94. The van der Waals surface area contributed by atoms with Gasteiger partial charge in [0.1, 0.15) is 0 Å². The first-order valence-corrected chi connectivity index (χ1v) is 3.93. The Labute approximate surface area is 69.4 Å². The maximum atomic E-state index is 4.45. The zero-order chi connectivity index (χ0) is 7.97. The van der Waals surface area contributed by atoms with Crippen molar-refractivity contribution in [3.63, 3.8) is 0 Å². The number of fused-ring (bicyclic) bond motifs is 2. The topological polar surface area (TPSA) is 30.2 Å². The summed E-state index contributed by atoms with van der Waals surface area (Å²) in [5.41, 5.74) is 3.27. The van der Waals surface area contributed by atoms with Crippen LogP contribution in [0.15, 0.2) is 24.5 Å². The summed E-state index contributed by atoms with van der Waals surface area (Å²) in [6.07, 6.45) is 8.94. The molecular weight excluding hydrogens is 150 g/mol. The molecule has 0 aliphatic heterocycles. The number of rotatable bonds is 0. The quantitative estimate of drug-likeness (QED) is 0.577. The molecule has 12 heavy (non-hydrogen) atoms. The molecule has 0 fully saturated rings. The molecule has 1 aliphatic rings. The van der Waals surface area contributed by atoms with Crippen molar-refractivity contribution in [2.45, 2.75) is 6.42 Å². The lowest BCUT2D eigenvalue weighted by Crippen LogP contribution is -1.95. The van der Waals surface area contributed by atoms with Crippen LogP contribution in [0.5, 0.6) is 0 Å². The van der Waals surface area contributed by atoms with Crippen LogP contribution < -0.4 is 0 Å². The maximum Gasteiger partial charge on any atom is 0.155 e. The van der Waals surface area contributed by atoms with Gasteiger partial charge in [-0.15, -0.1) is 0 Å². The summed E-state index contributed by atoms with van der Waals surface area (Å²) in [6, 6.07) is 1.92. The van der Waals surface area contributed by atoms with Gasteiger partial charge in [-0.25, -0.2) is 9.50 Å². The molecule has 0 bridgehead atoms. The van der Waals surface area contributed by atoms with E-state index in [2.05, 4.69) is 22.2 Å². The summed E-state index contributed by atoms with van der Waals surface area (Å²) in [4.78, 5) is 4.45. The summed E-state index contributed by atoms with van der Waals surface area (Å²) < 4.78 is 1.80. The van der Waals surface area contributed by atoms with Gasteiger partial charge < -0.3 is 0 Å². The molecular formula is C9H7N3. The van der Waals surface area contributed by atoms with Crippen molar-refractivity contribution in [3.05, 3.63) is 35.8 Å². The van der Waals surface area contributed by atoms with Crippen molar-refractivity contribution in [1.29, 1.82) is 0 Å². The maximum absolute atomic E-state index is 4.45. The van der Waals surface area contributed by atoms with E-state index in [1.807, 2.05) is 12.3 Å². The van der Waals surface area contributed by atoms with Crippen LogP contribution in [0.3, 0.4) is 0 Å². The summed E-state index contributed by atoms with van der Waals surface area (Å²) >= 11 is 0. The molecule has 0 aromatic carbocycles. The average Bonchev–Trinajstić information content (AvgIpc) is 2.64. The first-order valence-electron chi connectivity index (χ1n) is 3.93. The van der Waals surface area contributed by atoms with Gasteiger partial charge in [0.2, 0.25) is 0 Å². The number of allylic oxidation sites excluding steroid dienone is 1. The lowest BCUT2D eigenvalue weighted by Gasteiger charge is -1.97. The first kappa shape index (κ1) is 5.94. The minimum absolute atomic E-state index is 0.928. The first-order chi connectivity index (χ1) is 5.93. The van der Waals surface area contributed by atoms with E-state index in [1.165, 1.54) is 5.56 Å². The highest BCUT2D eigenvalue weighted by atomic mass is 15.2. The molecule has 0 unspecified atom stereocenters. The standard InChI is InChI=1S/C9H7N3/c1-2-7-6-12-9(4-5-10-12)11-8(7)3-1/h1-2,4-6H,3H2. The van der Waals surface area contributed by atoms with Crippen LogP contribution >= 0.6 is 0 Å². The Balaban J connectivity index is 2.43. The van der Waals surface area contributed by atoms with Crippen molar-refractivity contribution in [2.24, 2.45) is 0 Å². The Morgan fingerprint density at radius 2 is 2.42 bits per heavy atom. The Morgan fingerprint density at radius 1 is 1.42 bits per heavy atom. The average molecular weight is 157 g/mol. The van der Waals surface area contributed by atoms with Gasteiger partial charge in [0, 0.05) is 24.2 Å². The smallest absolute Gasteiger partial charge is 0.155 e. The van der Waals surface area contributed by atoms with E-state index in [4.69, 9.17) is 0 Å². The molecule has 2 aromatic heterocycles. The zero-order valence-corrected chi connectivity index (χ0v) is 6.44. The van der Waals surface area contributed by atoms with Gasteiger partial charge in [-0.05, 0) is 0 Å². The van der Waals surface area contributed by atoms with Crippen LogP contribution in [0.2, 0.25) is 0 Å². The van der Waals surface area contributed by atoms with E-state index in [-0.39, 0.29) is 0 Å². The molecule has 0 radical (unpaired) electrons. The normalized spacial score (nSPS) is 14.0. The Morgan fingerprint density at radius 3 is 3.42 bits per heavy atom. The highest BCUT2D eigenvalue weighted by Crippen LogP contribution is 2.17. The van der Waals surface area contributed by atoms with Crippen molar-refractivity contribution in [2.75, 3.05) is 0 Å². The third kappa shape index (κ3) is 0.652. The van der Waals surface area contributed by atoms with Crippen LogP contribution in [-0.4, -0.2) is 14.6 Å². The van der Waals surface area contributed by atoms with Crippen LogP contribution in [0.25, 0.3) is 11.7 Å². The van der Waals surface area contributed by atoms with Gasteiger partial charge in [0.05, 0.1) is 11.9 Å². The second-order valence-corrected chi connectivity index (χ2v) is 2.88. The van der Waals surface area contributed by atoms with Gasteiger partial charge in [-0.2, -0.15) is 5.10 Å². The van der Waals surface area contributed by atoms with E-state index in [1.54, 1.807) is 10.7 Å². The number of nitrogens with zero attached hydrogens (tertiary/aromatic N) is 3. The molecule has 3 rings (SSSR count). The summed E-state index contributed by atoms with van der Waals surface area (Å²) in [7, 11) is 0. The SMILES string of the molecule is C1=Cc2cn3nccc3nc2C1. The van der Waals surface area contributed by atoms with Gasteiger partial charge in [-0.1, -0.05) is 12.2 Å². The monoisotopic (exact) mass is 157 g/mol. The summed E-state index contributed by atoms with van der Waals surface area (Å²) in [6.45, 7) is 0. The van der Waals surface area contributed by atoms with Crippen LogP contribution in [0.1, 0.15) is 11.3 Å². The van der Waals surface area contributed by atoms with Crippen LogP contribution in [-0.2, 0) is 6.42 Å². The molecule has 3 nitrogen and oxygen atoms in total. The molecule has 2 heterocycles. The predicted molar refractivity (Wildman–Crippen MR) is 45.7 cm³/mol. The molecule has 0 saturated heterocycles. The molecule has 3 heteroatoms. The largest absolute Gasteiger partial charge is 0.233 e. The molecule has 0 amide bonds. The Hall–Kier alpha value is -1.64. The molecule has 2 aromatic rings. The molecule has 0 spiro atoms. The fraction of sp³-hybridized carbons (Fsp3) is 0.111. The zero-order valence-electron chi connectivity index (χ0n) is 6.44. The highest BCUT2D eigenvalue weighted by Gasteiger charge is 2.07. The Bertz CT molecular complexity index is 468. The van der Waals surface area contributed by atoms with E-state index >= 15 is 0 Å².